The summed E-state index contributed by atoms with van der Waals surface area (Å²) in [6.07, 6.45) is 0. The molecular formula is C13H21NS. The van der Waals surface area contributed by atoms with E-state index in [0.29, 0.717) is 5.25 Å². The van der Waals surface area contributed by atoms with Crippen LogP contribution in [0.5, 0.6) is 0 Å². The van der Waals surface area contributed by atoms with Crippen LogP contribution >= 0.6 is 11.8 Å². The van der Waals surface area contributed by atoms with Gasteiger partial charge in [0.2, 0.25) is 0 Å². The van der Waals surface area contributed by atoms with Gasteiger partial charge in [0.15, 0.2) is 0 Å². The average molecular weight is 223 g/mol. The van der Waals surface area contributed by atoms with Gasteiger partial charge in [-0.3, -0.25) is 0 Å². The van der Waals surface area contributed by atoms with Crippen molar-refractivity contribution < 1.29 is 0 Å². The summed E-state index contributed by atoms with van der Waals surface area (Å²) in [5, 5.41) is 0.471. The zero-order valence-corrected chi connectivity index (χ0v) is 10.9. The van der Waals surface area contributed by atoms with Crippen LogP contribution in [0.3, 0.4) is 0 Å². The number of hydrogen-bond acceptors (Lipinski definition) is 2. The molecule has 0 aliphatic heterocycles. The molecule has 1 nitrogen and oxygen atoms in total. The highest BCUT2D eigenvalue weighted by Gasteiger charge is 2.24. The summed E-state index contributed by atoms with van der Waals surface area (Å²) in [6, 6.07) is 8.49. The van der Waals surface area contributed by atoms with Gasteiger partial charge in [0.25, 0.3) is 0 Å². The smallest absolute Gasteiger partial charge is 0.0266 e. The molecule has 1 aromatic carbocycles. The van der Waals surface area contributed by atoms with Crippen molar-refractivity contribution in [3.05, 3.63) is 29.8 Å². The van der Waals surface area contributed by atoms with Crippen molar-refractivity contribution in [2.24, 2.45) is 11.1 Å². The number of nitrogens with two attached hydrogens (primary N) is 1. The zero-order valence-electron chi connectivity index (χ0n) is 10.1. The molecule has 0 aromatic heterocycles. The molecule has 0 fully saturated rings. The van der Waals surface area contributed by atoms with Gasteiger partial charge >= 0.3 is 0 Å². The molecule has 0 amide bonds. The van der Waals surface area contributed by atoms with Crippen LogP contribution in [0.4, 0.5) is 0 Å². The first kappa shape index (κ1) is 12.6. The van der Waals surface area contributed by atoms with Crippen LogP contribution in [0, 0.1) is 12.3 Å². The predicted molar refractivity (Wildman–Crippen MR) is 69.3 cm³/mol. The Labute approximate surface area is 97.4 Å². The van der Waals surface area contributed by atoms with Crippen LogP contribution in [0.1, 0.15) is 26.3 Å². The van der Waals surface area contributed by atoms with E-state index < -0.39 is 0 Å². The molecule has 1 aromatic rings. The van der Waals surface area contributed by atoms with Crippen LogP contribution in [0.25, 0.3) is 0 Å². The van der Waals surface area contributed by atoms with Crippen LogP contribution in [0.15, 0.2) is 29.2 Å². The predicted octanol–water partition coefficient (Wildman–Crippen LogP) is 3.46. The Bertz CT molecular complexity index is 315. The minimum Gasteiger partial charge on any atom is -0.329 e. The molecule has 0 saturated carbocycles. The Morgan fingerprint density at radius 2 is 1.87 bits per heavy atom. The van der Waals surface area contributed by atoms with E-state index >= 15 is 0 Å². The molecular weight excluding hydrogens is 202 g/mol. The normalized spacial score (nSPS) is 13.9. The third-order valence-electron chi connectivity index (χ3n) is 2.54. The maximum absolute atomic E-state index is 5.84. The summed E-state index contributed by atoms with van der Waals surface area (Å²) in [4.78, 5) is 1.35. The number of rotatable bonds is 3. The van der Waals surface area contributed by atoms with Crippen LogP contribution < -0.4 is 5.73 Å². The van der Waals surface area contributed by atoms with Crippen molar-refractivity contribution in [1.29, 1.82) is 0 Å². The molecule has 0 aliphatic carbocycles. The van der Waals surface area contributed by atoms with Crippen LogP contribution in [-0.4, -0.2) is 11.8 Å². The van der Waals surface area contributed by atoms with E-state index in [1.54, 1.807) is 0 Å². The van der Waals surface area contributed by atoms with Crippen LogP contribution in [0.2, 0.25) is 0 Å². The largest absolute Gasteiger partial charge is 0.329 e. The Morgan fingerprint density at radius 1 is 1.27 bits per heavy atom. The van der Waals surface area contributed by atoms with Gasteiger partial charge in [-0.1, -0.05) is 39.0 Å². The first-order chi connectivity index (χ1) is 6.95. The maximum atomic E-state index is 5.84. The molecule has 1 rings (SSSR count). The van der Waals surface area contributed by atoms with Gasteiger partial charge in [-0.05, 0) is 24.0 Å². The molecule has 0 saturated heterocycles. The summed E-state index contributed by atoms with van der Waals surface area (Å²) in [5.41, 5.74) is 7.43. The van der Waals surface area contributed by atoms with Crippen molar-refractivity contribution in [2.45, 2.75) is 37.8 Å². The highest BCUT2D eigenvalue weighted by Crippen LogP contribution is 2.35. The quantitative estimate of drug-likeness (QED) is 0.794. The fourth-order valence-corrected chi connectivity index (χ4v) is 2.59. The van der Waals surface area contributed by atoms with Gasteiger partial charge in [-0.15, -0.1) is 11.8 Å². The van der Waals surface area contributed by atoms with E-state index in [4.69, 9.17) is 5.73 Å². The van der Waals surface area contributed by atoms with E-state index in [9.17, 15) is 0 Å². The van der Waals surface area contributed by atoms with Gasteiger partial charge in [0.05, 0.1) is 0 Å². The van der Waals surface area contributed by atoms with E-state index in [1.165, 1.54) is 10.5 Å². The molecule has 0 heterocycles. The fourth-order valence-electron chi connectivity index (χ4n) is 1.42. The Balaban J connectivity index is 2.80. The molecule has 0 aliphatic rings. The van der Waals surface area contributed by atoms with E-state index in [1.807, 2.05) is 11.8 Å². The maximum Gasteiger partial charge on any atom is 0.0266 e. The number of aryl methyl sites for hydroxylation is 1. The van der Waals surface area contributed by atoms with Crippen molar-refractivity contribution in [2.75, 3.05) is 6.54 Å². The fraction of sp³-hybridized carbons (Fsp3) is 0.538. The minimum atomic E-state index is 0.252. The molecule has 84 valence electrons. The van der Waals surface area contributed by atoms with E-state index in [2.05, 4.69) is 52.0 Å². The molecule has 0 bridgehead atoms. The second kappa shape index (κ2) is 5.04. The first-order valence-corrected chi connectivity index (χ1v) is 6.25. The topological polar surface area (TPSA) is 26.0 Å². The second-order valence-corrected chi connectivity index (χ2v) is 6.22. The Kier molecular flexibility index (Phi) is 4.23. The van der Waals surface area contributed by atoms with Gasteiger partial charge in [-0.2, -0.15) is 0 Å². The van der Waals surface area contributed by atoms with Crippen molar-refractivity contribution in [1.82, 2.24) is 0 Å². The summed E-state index contributed by atoms with van der Waals surface area (Å²) >= 11 is 1.90. The zero-order chi connectivity index (χ0) is 11.5. The Hall–Kier alpha value is -0.470. The summed E-state index contributed by atoms with van der Waals surface area (Å²) in [5.74, 6) is 0. The first-order valence-electron chi connectivity index (χ1n) is 5.37. The SMILES string of the molecule is Cc1ccccc1SC(CN)C(C)(C)C. The van der Waals surface area contributed by atoms with Crippen molar-refractivity contribution in [3.8, 4) is 0 Å². The summed E-state index contributed by atoms with van der Waals surface area (Å²) < 4.78 is 0. The molecule has 2 heteroatoms. The van der Waals surface area contributed by atoms with Gasteiger partial charge in [-0.25, -0.2) is 0 Å². The lowest BCUT2D eigenvalue weighted by Crippen LogP contribution is -2.30. The van der Waals surface area contributed by atoms with Gasteiger partial charge in [0.1, 0.15) is 0 Å². The van der Waals surface area contributed by atoms with Gasteiger partial charge in [0, 0.05) is 16.7 Å². The lowest BCUT2D eigenvalue weighted by Gasteiger charge is -2.29. The van der Waals surface area contributed by atoms with Crippen molar-refractivity contribution in [3.63, 3.8) is 0 Å². The Morgan fingerprint density at radius 3 is 2.33 bits per heavy atom. The molecule has 15 heavy (non-hydrogen) atoms. The average Bonchev–Trinajstić information content (AvgIpc) is 2.14. The second-order valence-electron chi connectivity index (χ2n) is 4.97. The van der Waals surface area contributed by atoms with E-state index in [-0.39, 0.29) is 5.41 Å². The van der Waals surface area contributed by atoms with Crippen molar-refractivity contribution >= 4 is 11.8 Å². The molecule has 0 radical (unpaired) electrons. The summed E-state index contributed by atoms with van der Waals surface area (Å²) in [6.45, 7) is 9.61. The molecule has 1 unspecified atom stereocenters. The lowest BCUT2D eigenvalue weighted by atomic mass is 9.92. The lowest BCUT2D eigenvalue weighted by molar-refractivity contribution is 0.398. The van der Waals surface area contributed by atoms with E-state index in [0.717, 1.165) is 6.54 Å². The molecule has 2 N–H and O–H groups in total. The number of thioether (sulfide) groups is 1. The standard InChI is InChI=1S/C13H21NS/c1-10-7-5-6-8-11(10)15-12(9-14)13(2,3)4/h5-8,12H,9,14H2,1-4H3. The summed E-state index contributed by atoms with van der Waals surface area (Å²) in [7, 11) is 0. The number of benzene rings is 1. The van der Waals surface area contributed by atoms with Crippen LogP contribution in [-0.2, 0) is 0 Å². The number of hydrogen-bond donors (Lipinski definition) is 1. The third-order valence-corrected chi connectivity index (χ3v) is 4.44. The minimum absolute atomic E-state index is 0.252. The third kappa shape index (κ3) is 3.54. The van der Waals surface area contributed by atoms with Gasteiger partial charge < -0.3 is 5.73 Å². The molecule has 0 spiro atoms. The molecule has 1 atom stereocenters. The highest BCUT2D eigenvalue weighted by atomic mass is 32.2. The monoisotopic (exact) mass is 223 g/mol. The highest BCUT2D eigenvalue weighted by molar-refractivity contribution is 8.00.